The number of benzene rings is 1. The van der Waals surface area contributed by atoms with Crippen molar-refractivity contribution < 1.29 is 19.0 Å². The molecule has 3 rings (SSSR count). The van der Waals surface area contributed by atoms with Gasteiger partial charge in [0.2, 0.25) is 11.7 Å². The first kappa shape index (κ1) is 20.8. The molecule has 1 aromatic rings. The second-order valence-electron chi connectivity index (χ2n) is 8.12. The quantitative estimate of drug-likeness (QED) is 0.747. The number of likely N-dealkylation sites (tertiary alicyclic amines) is 2. The van der Waals surface area contributed by atoms with Crippen molar-refractivity contribution >= 4 is 5.91 Å². The Kier molecular flexibility index (Phi) is 7.05. The Labute approximate surface area is 168 Å². The SMILES string of the molecule is COc1cc(CN2CCC(C(=O)N3CCC[C@H](C)C3)CC2)cc(OC)c1OC. The van der Waals surface area contributed by atoms with E-state index in [2.05, 4.69) is 16.7 Å². The number of ether oxygens (including phenoxy) is 3. The Balaban J connectivity index is 1.57. The van der Waals surface area contributed by atoms with Crippen LogP contribution >= 0.6 is 0 Å². The number of methoxy groups -OCH3 is 3. The van der Waals surface area contributed by atoms with Gasteiger partial charge in [-0.3, -0.25) is 9.69 Å². The lowest BCUT2D eigenvalue weighted by atomic mass is 9.92. The van der Waals surface area contributed by atoms with Gasteiger partial charge in [0, 0.05) is 25.6 Å². The Morgan fingerprint density at radius 3 is 2.18 bits per heavy atom. The lowest BCUT2D eigenvalue weighted by Gasteiger charge is -2.37. The highest BCUT2D eigenvalue weighted by Crippen LogP contribution is 2.38. The Morgan fingerprint density at radius 2 is 1.64 bits per heavy atom. The second kappa shape index (κ2) is 9.50. The predicted octanol–water partition coefficient (Wildman–Crippen LogP) is 3.18. The number of rotatable bonds is 6. The maximum atomic E-state index is 12.9. The molecule has 2 saturated heterocycles. The first-order valence-corrected chi connectivity index (χ1v) is 10.4. The summed E-state index contributed by atoms with van der Waals surface area (Å²) in [6.45, 7) is 6.82. The Bertz CT molecular complexity index is 645. The van der Waals surface area contributed by atoms with Gasteiger partial charge in [0.1, 0.15) is 0 Å². The molecule has 0 N–H and O–H groups in total. The molecular formula is C22H34N2O4. The average Bonchev–Trinajstić information content (AvgIpc) is 2.73. The monoisotopic (exact) mass is 390 g/mol. The number of nitrogens with zero attached hydrogens (tertiary/aromatic N) is 2. The van der Waals surface area contributed by atoms with Crippen LogP contribution in [0.15, 0.2) is 12.1 Å². The van der Waals surface area contributed by atoms with Crippen LogP contribution in [0.4, 0.5) is 0 Å². The summed E-state index contributed by atoms with van der Waals surface area (Å²) in [4.78, 5) is 17.4. The van der Waals surface area contributed by atoms with E-state index in [0.29, 0.717) is 29.1 Å². The second-order valence-corrected chi connectivity index (χ2v) is 8.12. The third-order valence-corrected chi connectivity index (χ3v) is 6.04. The standard InChI is InChI=1S/C22H34N2O4/c1-16-6-5-9-24(14-16)22(25)18-7-10-23(11-8-18)15-17-12-19(26-2)21(28-4)20(13-17)27-3/h12-13,16,18H,5-11,14-15H2,1-4H3/t16-/m0/s1. The topological polar surface area (TPSA) is 51.2 Å². The molecule has 0 radical (unpaired) electrons. The van der Waals surface area contributed by atoms with Gasteiger partial charge in [-0.15, -0.1) is 0 Å². The van der Waals surface area contributed by atoms with Crippen molar-refractivity contribution in [1.82, 2.24) is 9.80 Å². The fourth-order valence-electron chi connectivity index (χ4n) is 4.47. The predicted molar refractivity (Wildman–Crippen MR) is 109 cm³/mol. The summed E-state index contributed by atoms with van der Waals surface area (Å²) in [5.74, 6) is 3.18. The molecule has 2 aliphatic heterocycles. The summed E-state index contributed by atoms with van der Waals surface area (Å²) >= 11 is 0. The molecule has 2 heterocycles. The zero-order valence-corrected chi connectivity index (χ0v) is 17.7. The third kappa shape index (κ3) is 4.72. The summed E-state index contributed by atoms with van der Waals surface area (Å²) in [5, 5.41) is 0. The summed E-state index contributed by atoms with van der Waals surface area (Å²) in [5.41, 5.74) is 1.13. The Morgan fingerprint density at radius 1 is 1.00 bits per heavy atom. The van der Waals surface area contributed by atoms with Crippen molar-refractivity contribution in [2.24, 2.45) is 11.8 Å². The minimum atomic E-state index is 0.182. The summed E-state index contributed by atoms with van der Waals surface area (Å²) < 4.78 is 16.3. The fraction of sp³-hybridized carbons (Fsp3) is 0.682. The molecular weight excluding hydrogens is 356 g/mol. The number of piperidine rings is 2. The van der Waals surface area contributed by atoms with Crippen molar-refractivity contribution in [1.29, 1.82) is 0 Å². The summed E-state index contributed by atoms with van der Waals surface area (Å²) in [7, 11) is 4.89. The van der Waals surface area contributed by atoms with Crippen LogP contribution < -0.4 is 14.2 Å². The smallest absolute Gasteiger partial charge is 0.225 e. The van der Waals surface area contributed by atoms with Gasteiger partial charge in [-0.25, -0.2) is 0 Å². The number of amides is 1. The van der Waals surface area contributed by atoms with Gasteiger partial charge in [-0.05, 0) is 62.4 Å². The minimum Gasteiger partial charge on any atom is -0.493 e. The number of hydrogen-bond donors (Lipinski definition) is 0. The molecule has 1 aromatic carbocycles. The molecule has 2 fully saturated rings. The highest BCUT2D eigenvalue weighted by molar-refractivity contribution is 5.79. The molecule has 0 aliphatic carbocycles. The van der Waals surface area contributed by atoms with Gasteiger partial charge in [0.05, 0.1) is 21.3 Å². The maximum absolute atomic E-state index is 12.9. The van der Waals surface area contributed by atoms with Gasteiger partial charge >= 0.3 is 0 Å². The van der Waals surface area contributed by atoms with Crippen LogP contribution in [0, 0.1) is 11.8 Å². The first-order chi connectivity index (χ1) is 13.5. The minimum absolute atomic E-state index is 0.182. The van der Waals surface area contributed by atoms with Crippen LogP contribution in [0.1, 0.15) is 38.2 Å². The van der Waals surface area contributed by atoms with Crippen molar-refractivity contribution in [2.75, 3.05) is 47.5 Å². The molecule has 1 amide bonds. The lowest BCUT2D eigenvalue weighted by molar-refractivity contribution is -0.138. The Hall–Kier alpha value is -1.95. The van der Waals surface area contributed by atoms with Gasteiger partial charge < -0.3 is 19.1 Å². The van der Waals surface area contributed by atoms with Crippen LogP contribution in [0.3, 0.4) is 0 Å². The van der Waals surface area contributed by atoms with E-state index in [-0.39, 0.29) is 5.92 Å². The maximum Gasteiger partial charge on any atom is 0.225 e. The zero-order chi connectivity index (χ0) is 20.1. The molecule has 6 heteroatoms. The molecule has 0 spiro atoms. The highest BCUT2D eigenvalue weighted by atomic mass is 16.5. The van der Waals surface area contributed by atoms with Crippen LogP contribution in [0.25, 0.3) is 0 Å². The van der Waals surface area contributed by atoms with Crippen LogP contribution in [-0.2, 0) is 11.3 Å². The molecule has 156 valence electrons. The molecule has 1 atom stereocenters. The van der Waals surface area contributed by atoms with Crippen molar-refractivity contribution in [3.05, 3.63) is 17.7 Å². The molecule has 0 saturated carbocycles. The number of carbonyl (C=O) groups excluding carboxylic acids is 1. The van der Waals surface area contributed by atoms with E-state index >= 15 is 0 Å². The van der Waals surface area contributed by atoms with Crippen molar-refractivity contribution in [2.45, 2.75) is 39.2 Å². The van der Waals surface area contributed by atoms with Gasteiger partial charge in [-0.1, -0.05) is 6.92 Å². The number of hydrogen-bond acceptors (Lipinski definition) is 5. The lowest BCUT2D eigenvalue weighted by Crippen LogP contribution is -2.45. The molecule has 0 unspecified atom stereocenters. The van der Waals surface area contributed by atoms with E-state index in [4.69, 9.17) is 14.2 Å². The largest absolute Gasteiger partial charge is 0.493 e. The van der Waals surface area contributed by atoms with E-state index in [1.807, 2.05) is 12.1 Å². The van der Waals surface area contributed by atoms with Gasteiger partial charge in [0.15, 0.2) is 11.5 Å². The summed E-state index contributed by atoms with van der Waals surface area (Å²) in [6, 6.07) is 4.02. The van der Waals surface area contributed by atoms with Crippen molar-refractivity contribution in [3.8, 4) is 17.2 Å². The van der Waals surface area contributed by atoms with Crippen LogP contribution in [0.5, 0.6) is 17.2 Å². The molecule has 0 bridgehead atoms. The average molecular weight is 391 g/mol. The fourth-order valence-corrected chi connectivity index (χ4v) is 4.47. The van der Waals surface area contributed by atoms with E-state index in [9.17, 15) is 4.79 Å². The van der Waals surface area contributed by atoms with Crippen LogP contribution in [-0.4, -0.2) is 63.2 Å². The zero-order valence-electron chi connectivity index (χ0n) is 17.7. The van der Waals surface area contributed by atoms with E-state index in [1.165, 1.54) is 6.42 Å². The molecule has 28 heavy (non-hydrogen) atoms. The first-order valence-electron chi connectivity index (χ1n) is 10.4. The van der Waals surface area contributed by atoms with Crippen LogP contribution in [0.2, 0.25) is 0 Å². The van der Waals surface area contributed by atoms with E-state index in [0.717, 1.165) is 57.5 Å². The van der Waals surface area contributed by atoms with Gasteiger partial charge in [-0.2, -0.15) is 0 Å². The van der Waals surface area contributed by atoms with E-state index in [1.54, 1.807) is 21.3 Å². The third-order valence-electron chi connectivity index (χ3n) is 6.04. The molecule has 2 aliphatic rings. The van der Waals surface area contributed by atoms with Gasteiger partial charge in [0.25, 0.3) is 0 Å². The summed E-state index contributed by atoms with van der Waals surface area (Å²) in [6.07, 6.45) is 4.27. The van der Waals surface area contributed by atoms with E-state index < -0.39 is 0 Å². The normalized spacial score (nSPS) is 21.4. The van der Waals surface area contributed by atoms with Crippen molar-refractivity contribution in [3.63, 3.8) is 0 Å². The molecule has 6 nitrogen and oxygen atoms in total. The highest BCUT2D eigenvalue weighted by Gasteiger charge is 2.30. The number of carbonyl (C=O) groups is 1. The molecule has 0 aromatic heterocycles.